The minimum Gasteiger partial charge on any atom is -0.267 e. The van der Waals surface area contributed by atoms with Gasteiger partial charge in [-0.3, -0.25) is 9.40 Å². The lowest BCUT2D eigenvalue weighted by molar-refractivity contribution is 0.533. The molecule has 6 nitrogen and oxygen atoms in total. The van der Waals surface area contributed by atoms with Crippen molar-refractivity contribution in [1.29, 1.82) is 0 Å². The van der Waals surface area contributed by atoms with E-state index in [4.69, 9.17) is 0 Å². The monoisotopic (exact) mass is 390 g/mol. The third kappa shape index (κ3) is 4.13. The second-order valence-electron chi connectivity index (χ2n) is 7.17. The molecule has 2 heterocycles. The molecule has 2 aromatic heterocycles. The molecule has 0 aliphatic carbocycles. The van der Waals surface area contributed by atoms with E-state index in [1.807, 2.05) is 58.0 Å². The maximum atomic E-state index is 12.9. The fraction of sp³-hybridized carbons (Fsp3) is 0.333. The zero-order chi connectivity index (χ0) is 18.9. The Balaban J connectivity index is 1.99. The first-order chi connectivity index (χ1) is 12.1. The largest absolute Gasteiger partial charge is 0.267 e. The Morgan fingerprint density at radius 3 is 2.46 bits per heavy atom. The molecule has 3 rings (SSSR count). The van der Waals surface area contributed by atoms with Crippen LogP contribution < -0.4 is 4.72 Å². The molecule has 0 aliphatic heterocycles. The van der Waals surface area contributed by atoms with Crippen LogP contribution in [0.5, 0.6) is 0 Å². The quantitative estimate of drug-likeness (QED) is 0.719. The van der Waals surface area contributed by atoms with E-state index in [1.54, 1.807) is 16.3 Å². The lowest BCUT2D eigenvalue weighted by Crippen LogP contribution is -2.20. The molecular weight excluding hydrogens is 368 g/mol. The Kier molecular flexibility index (Phi) is 4.90. The van der Waals surface area contributed by atoms with E-state index in [2.05, 4.69) is 14.8 Å². The molecule has 3 aromatic rings. The first-order valence-electron chi connectivity index (χ1n) is 8.22. The lowest BCUT2D eigenvalue weighted by Gasteiger charge is -2.17. The fourth-order valence-electron chi connectivity index (χ4n) is 2.54. The van der Waals surface area contributed by atoms with Crippen LogP contribution in [-0.2, 0) is 22.0 Å². The van der Waals surface area contributed by atoms with Crippen LogP contribution in [0, 0.1) is 6.92 Å². The van der Waals surface area contributed by atoms with Crippen LogP contribution in [0.4, 0.5) is 5.13 Å². The molecule has 0 atom stereocenters. The molecular formula is C18H22N4O2S2. The summed E-state index contributed by atoms with van der Waals surface area (Å²) >= 11 is 1.27. The second kappa shape index (κ2) is 6.85. The molecule has 0 fully saturated rings. The number of thiazole rings is 1. The van der Waals surface area contributed by atoms with E-state index in [0.717, 1.165) is 11.3 Å². The number of hydrogen-bond donors (Lipinski definition) is 1. The predicted molar refractivity (Wildman–Crippen MR) is 104 cm³/mol. The van der Waals surface area contributed by atoms with Crippen molar-refractivity contribution in [2.75, 3.05) is 4.72 Å². The number of aromatic nitrogens is 3. The van der Waals surface area contributed by atoms with Crippen LogP contribution in [0.3, 0.4) is 0 Å². The highest BCUT2D eigenvalue weighted by Crippen LogP contribution is 2.29. The third-order valence-electron chi connectivity index (χ3n) is 3.76. The zero-order valence-corrected chi connectivity index (χ0v) is 16.9. The Morgan fingerprint density at radius 2 is 1.88 bits per heavy atom. The maximum Gasteiger partial charge on any atom is 0.267 e. The number of anilines is 1. The van der Waals surface area contributed by atoms with E-state index in [-0.39, 0.29) is 4.90 Å². The molecule has 0 spiro atoms. The molecule has 26 heavy (non-hydrogen) atoms. The fourth-order valence-corrected chi connectivity index (χ4v) is 4.84. The van der Waals surface area contributed by atoms with Crippen LogP contribution in [-0.4, -0.2) is 23.2 Å². The Morgan fingerprint density at radius 1 is 1.19 bits per heavy atom. The standard InChI is InChI=1S/C18H22N4O2S2/c1-13-12-25-17(19-13)21-26(23,24)15-11-22(20-16(15)18(2,3)4)10-14-8-6-5-7-9-14/h5-9,11-12H,10H2,1-4H3,(H,19,21). The summed E-state index contributed by atoms with van der Waals surface area (Å²) in [5.41, 5.74) is 1.96. The highest BCUT2D eigenvalue weighted by molar-refractivity contribution is 7.93. The van der Waals surface area contributed by atoms with Crippen molar-refractivity contribution in [3.8, 4) is 0 Å². The highest BCUT2D eigenvalue weighted by Gasteiger charge is 2.30. The van der Waals surface area contributed by atoms with Crippen LogP contribution in [0.15, 0.2) is 46.8 Å². The van der Waals surface area contributed by atoms with Gasteiger partial charge in [0.2, 0.25) is 0 Å². The number of benzene rings is 1. The van der Waals surface area contributed by atoms with Crippen molar-refractivity contribution in [2.45, 2.75) is 44.6 Å². The summed E-state index contributed by atoms with van der Waals surface area (Å²) in [6.07, 6.45) is 1.59. The molecule has 0 aliphatic rings. The van der Waals surface area contributed by atoms with Crippen molar-refractivity contribution >= 4 is 26.5 Å². The van der Waals surface area contributed by atoms with E-state index in [0.29, 0.717) is 17.4 Å². The average molecular weight is 391 g/mol. The summed E-state index contributed by atoms with van der Waals surface area (Å²) in [6.45, 7) is 8.20. The summed E-state index contributed by atoms with van der Waals surface area (Å²) in [5, 5.41) is 6.74. The molecule has 8 heteroatoms. The van der Waals surface area contributed by atoms with Gasteiger partial charge in [0.15, 0.2) is 5.13 Å². The zero-order valence-electron chi connectivity index (χ0n) is 15.2. The van der Waals surface area contributed by atoms with Gasteiger partial charge in [-0.05, 0) is 12.5 Å². The molecule has 0 radical (unpaired) electrons. The van der Waals surface area contributed by atoms with Crippen molar-refractivity contribution in [3.05, 3.63) is 58.9 Å². The average Bonchev–Trinajstić information content (AvgIpc) is 3.14. The number of sulfonamides is 1. The van der Waals surface area contributed by atoms with Gasteiger partial charge in [-0.1, -0.05) is 51.1 Å². The molecule has 0 amide bonds. The van der Waals surface area contributed by atoms with E-state index in [9.17, 15) is 8.42 Å². The second-order valence-corrected chi connectivity index (χ2v) is 9.68. The summed E-state index contributed by atoms with van der Waals surface area (Å²) in [6, 6.07) is 9.83. The molecule has 0 saturated carbocycles. The number of rotatable bonds is 5. The normalized spacial score (nSPS) is 12.3. The summed E-state index contributed by atoms with van der Waals surface area (Å²) in [5.74, 6) is 0. The smallest absolute Gasteiger partial charge is 0.267 e. The van der Waals surface area contributed by atoms with Gasteiger partial charge in [-0.15, -0.1) is 11.3 Å². The van der Waals surface area contributed by atoms with Gasteiger partial charge in [0.25, 0.3) is 10.0 Å². The van der Waals surface area contributed by atoms with Gasteiger partial charge in [-0.25, -0.2) is 13.4 Å². The van der Waals surface area contributed by atoms with Gasteiger partial charge in [-0.2, -0.15) is 5.10 Å². The van der Waals surface area contributed by atoms with Gasteiger partial charge in [0.05, 0.1) is 17.9 Å². The molecule has 0 unspecified atom stereocenters. The molecule has 1 aromatic carbocycles. The molecule has 138 valence electrons. The minimum atomic E-state index is -3.77. The first kappa shape index (κ1) is 18.6. The summed E-state index contributed by atoms with van der Waals surface area (Å²) in [4.78, 5) is 4.38. The Labute approximate surface area is 158 Å². The van der Waals surface area contributed by atoms with Crippen LogP contribution >= 0.6 is 11.3 Å². The van der Waals surface area contributed by atoms with Gasteiger partial charge < -0.3 is 0 Å². The topological polar surface area (TPSA) is 76.9 Å². The van der Waals surface area contributed by atoms with Crippen molar-refractivity contribution in [2.24, 2.45) is 0 Å². The Hall–Kier alpha value is -2.19. The van der Waals surface area contributed by atoms with Crippen LogP contribution in [0.25, 0.3) is 0 Å². The van der Waals surface area contributed by atoms with Gasteiger partial charge in [0, 0.05) is 17.0 Å². The third-order valence-corrected chi connectivity index (χ3v) is 6.10. The van der Waals surface area contributed by atoms with Crippen LogP contribution in [0.1, 0.15) is 37.7 Å². The van der Waals surface area contributed by atoms with Crippen LogP contribution in [0.2, 0.25) is 0 Å². The molecule has 0 saturated heterocycles. The maximum absolute atomic E-state index is 12.9. The highest BCUT2D eigenvalue weighted by atomic mass is 32.2. The predicted octanol–water partition coefficient (Wildman–Crippen LogP) is 3.79. The van der Waals surface area contributed by atoms with Crippen molar-refractivity contribution in [3.63, 3.8) is 0 Å². The number of aryl methyl sites for hydroxylation is 1. The summed E-state index contributed by atoms with van der Waals surface area (Å²) < 4.78 is 30.1. The SMILES string of the molecule is Cc1csc(NS(=O)(=O)c2cn(Cc3ccccc3)nc2C(C)(C)C)n1. The van der Waals surface area contributed by atoms with E-state index >= 15 is 0 Å². The van der Waals surface area contributed by atoms with E-state index < -0.39 is 15.4 Å². The Bertz CT molecular complexity index is 999. The van der Waals surface area contributed by atoms with Crippen molar-refractivity contribution < 1.29 is 8.42 Å². The van der Waals surface area contributed by atoms with E-state index in [1.165, 1.54) is 11.3 Å². The summed E-state index contributed by atoms with van der Waals surface area (Å²) in [7, 11) is -3.77. The van der Waals surface area contributed by atoms with Gasteiger partial charge >= 0.3 is 0 Å². The van der Waals surface area contributed by atoms with Gasteiger partial charge in [0.1, 0.15) is 4.90 Å². The minimum absolute atomic E-state index is 0.189. The first-order valence-corrected chi connectivity index (χ1v) is 10.6. The van der Waals surface area contributed by atoms with Crippen molar-refractivity contribution in [1.82, 2.24) is 14.8 Å². The number of nitrogens with one attached hydrogen (secondary N) is 1. The molecule has 0 bridgehead atoms. The molecule has 1 N–H and O–H groups in total. The lowest BCUT2D eigenvalue weighted by atomic mass is 9.92. The number of nitrogens with zero attached hydrogens (tertiary/aromatic N) is 3. The number of hydrogen-bond acceptors (Lipinski definition) is 5.